The van der Waals surface area contributed by atoms with E-state index in [2.05, 4.69) is 27.2 Å². The molecule has 0 radical (unpaired) electrons. The molecule has 0 aliphatic carbocycles. The average Bonchev–Trinajstić information content (AvgIpc) is 3.66. The number of aromatic amines is 1. The molecule has 3 aromatic heterocycles. The van der Waals surface area contributed by atoms with Crippen LogP contribution in [0, 0.1) is 13.8 Å². The molecule has 4 heterocycles. The highest BCUT2D eigenvalue weighted by Gasteiger charge is 2.44. The Morgan fingerprint density at radius 2 is 1.80 bits per heavy atom. The zero-order chi connectivity index (χ0) is 31.1. The van der Waals surface area contributed by atoms with Crippen molar-refractivity contribution >= 4 is 44.5 Å². The SMILES string of the molecule is Cc1c2ccncc2c(C)c2c1[nH]c1ccc(OC(=O)CCC(=O)OCc3cn([C@@H]4O[C@H](CO)[C@@H](O)[C@H](O)[C@H]4O)nn3)cc12. The number of fused-ring (bicyclic) bond motifs is 4. The van der Waals surface area contributed by atoms with Gasteiger partial charge < -0.3 is 39.6 Å². The summed E-state index contributed by atoms with van der Waals surface area (Å²) in [5, 5.41) is 51.3. The molecular formula is C30H31N5O9. The number of ether oxygens (including phenoxy) is 3. The number of carbonyl (C=O) groups is 2. The van der Waals surface area contributed by atoms with E-state index in [0.29, 0.717) is 5.75 Å². The van der Waals surface area contributed by atoms with Gasteiger partial charge in [0.25, 0.3) is 0 Å². The first kappa shape index (κ1) is 29.6. The molecule has 5 aromatic rings. The summed E-state index contributed by atoms with van der Waals surface area (Å²) >= 11 is 0. The monoisotopic (exact) mass is 605 g/mol. The zero-order valence-electron chi connectivity index (χ0n) is 23.9. The molecule has 230 valence electrons. The summed E-state index contributed by atoms with van der Waals surface area (Å²) in [6, 6.07) is 7.34. The maximum Gasteiger partial charge on any atom is 0.311 e. The van der Waals surface area contributed by atoms with E-state index >= 15 is 0 Å². The summed E-state index contributed by atoms with van der Waals surface area (Å²) in [5.74, 6) is -0.912. The first-order valence-corrected chi connectivity index (χ1v) is 14.0. The quantitative estimate of drug-likeness (QED) is 0.126. The number of aliphatic hydroxyl groups is 4. The summed E-state index contributed by atoms with van der Waals surface area (Å²) in [6.07, 6.45) is -2.46. The summed E-state index contributed by atoms with van der Waals surface area (Å²) in [6.45, 7) is 3.24. The highest BCUT2D eigenvalue weighted by atomic mass is 16.6. The van der Waals surface area contributed by atoms with Gasteiger partial charge in [0.05, 0.1) is 31.2 Å². The van der Waals surface area contributed by atoms with Crippen molar-refractivity contribution in [3.05, 3.63) is 59.7 Å². The van der Waals surface area contributed by atoms with Crippen LogP contribution < -0.4 is 4.74 Å². The molecule has 14 nitrogen and oxygen atoms in total. The molecule has 0 spiro atoms. The van der Waals surface area contributed by atoms with Crippen LogP contribution in [-0.4, -0.2) is 88.3 Å². The number of rotatable bonds is 8. The van der Waals surface area contributed by atoms with Gasteiger partial charge in [-0.05, 0) is 54.6 Å². The van der Waals surface area contributed by atoms with Gasteiger partial charge in [0.1, 0.15) is 42.5 Å². The predicted molar refractivity (Wildman–Crippen MR) is 154 cm³/mol. The molecule has 1 aliphatic heterocycles. The molecule has 2 aromatic carbocycles. The predicted octanol–water partition coefficient (Wildman–Crippen LogP) is 1.48. The molecule has 1 fully saturated rings. The lowest BCUT2D eigenvalue weighted by molar-refractivity contribution is -0.254. The van der Waals surface area contributed by atoms with Crippen molar-refractivity contribution in [3.63, 3.8) is 0 Å². The maximum absolute atomic E-state index is 12.6. The lowest BCUT2D eigenvalue weighted by Crippen LogP contribution is -2.56. The smallest absolute Gasteiger partial charge is 0.311 e. The van der Waals surface area contributed by atoms with Crippen LogP contribution in [0.15, 0.2) is 42.9 Å². The summed E-state index contributed by atoms with van der Waals surface area (Å²) in [5.41, 5.74) is 4.29. The maximum atomic E-state index is 12.6. The van der Waals surface area contributed by atoms with E-state index in [9.17, 15) is 30.0 Å². The first-order chi connectivity index (χ1) is 21.2. The molecule has 6 rings (SSSR count). The standard InChI is InChI=1S/C30H31N5O9/c1-14-20-10-31-8-7-18(20)15(2)26-25(14)19-9-17(3-4-21(19)32-26)43-24(38)6-5-23(37)42-13-16-11-35(34-33-16)30-29(41)28(40)27(39)22(12-36)44-30/h3-4,7-11,22,27-30,32,36,39-41H,5-6,12-13H2,1-2H3/t22-,27-,28+,29-,30-/m1/s1. The number of nitrogens with one attached hydrogen (secondary N) is 1. The van der Waals surface area contributed by atoms with Crippen molar-refractivity contribution in [2.24, 2.45) is 0 Å². The lowest BCUT2D eigenvalue weighted by atomic mass is 9.97. The Bertz CT molecular complexity index is 1870. The Balaban J connectivity index is 1.05. The highest BCUT2D eigenvalue weighted by Crippen LogP contribution is 2.37. The van der Waals surface area contributed by atoms with Gasteiger partial charge in [-0.3, -0.25) is 14.6 Å². The molecule has 5 N–H and O–H groups in total. The fourth-order valence-electron chi connectivity index (χ4n) is 5.61. The Kier molecular flexibility index (Phi) is 8.00. The third-order valence-corrected chi connectivity index (χ3v) is 7.98. The van der Waals surface area contributed by atoms with Crippen LogP contribution in [0.2, 0.25) is 0 Å². The van der Waals surface area contributed by atoms with Gasteiger partial charge in [-0.1, -0.05) is 5.21 Å². The van der Waals surface area contributed by atoms with Crippen LogP contribution in [0.4, 0.5) is 0 Å². The van der Waals surface area contributed by atoms with Gasteiger partial charge in [0.2, 0.25) is 0 Å². The fraction of sp³-hybridized carbons (Fsp3) is 0.367. The minimum Gasteiger partial charge on any atom is -0.459 e. The van der Waals surface area contributed by atoms with Crippen molar-refractivity contribution in [1.82, 2.24) is 25.0 Å². The van der Waals surface area contributed by atoms with Crippen molar-refractivity contribution in [2.75, 3.05) is 6.61 Å². The van der Waals surface area contributed by atoms with Crippen molar-refractivity contribution < 1.29 is 44.2 Å². The zero-order valence-corrected chi connectivity index (χ0v) is 23.9. The van der Waals surface area contributed by atoms with Gasteiger partial charge in [0.15, 0.2) is 6.23 Å². The number of H-pyrrole nitrogens is 1. The number of hydrogen-bond acceptors (Lipinski definition) is 12. The number of aryl methyl sites for hydroxylation is 2. The molecule has 44 heavy (non-hydrogen) atoms. The van der Waals surface area contributed by atoms with E-state index in [-0.39, 0.29) is 25.1 Å². The van der Waals surface area contributed by atoms with E-state index in [1.54, 1.807) is 18.3 Å². The second-order valence-corrected chi connectivity index (χ2v) is 10.8. The lowest BCUT2D eigenvalue weighted by Gasteiger charge is -2.39. The number of pyridine rings is 1. The van der Waals surface area contributed by atoms with E-state index in [0.717, 1.165) is 48.4 Å². The average molecular weight is 606 g/mol. The Morgan fingerprint density at radius 1 is 1.00 bits per heavy atom. The molecule has 0 bridgehead atoms. The Morgan fingerprint density at radius 3 is 2.59 bits per heavy atom. The van der Waals surface area contributed by atoms with E-state index in [1.165, 1.54) is 6.20 Å². The number of hydrogen-bond donors (Lipinski definition) is 5. The van der Waals surface area contributed by atoms with Crippen LogP contribution in [0.1, 0.15) is 35.9 Å². The third kappa shape index (κ3) is 5.37. The van der Waals surface area contributed by atoms with Crippen LogP contribution in [-0.2, 0) is 25.7 Å². The highest BCUT2D eigenvalue weighted by molar-refractivity contribution is 6.16. The summed E-state index contributed by atoms with van der Waals surface area (Å²) < 4.78 is 17.2. The van der Waals surface area contributed by atoms with Crippen molar-refractivity contribution in [2.45, 2.75) is 63.9 Å². The van der Waals surface area contributed by atoms with Crippen molar-refractivity contribution in [3.8, 4) is 5.75 Å². The fourth-order valence-corrected chi connectivity index (χ4v) is 5.61. The normalized spacial score (nSPS) is 22.1. The molecule has 1 saturated heterocycles. The second kappa shape index (κ2) is 11.9. The summed E-state index contributed by atoms with van der Waals surface area (Å²) in [4.78, 5) is 32.6. The van der Waals surface area contributed by atoms with Gasteiger partial charge >= 0.3 is 11.9 Å². The third-order valence-electron chi connectivity index (χ3n) is 7.98. The van der Waals surface area contributed by atoms with E-state index < -0.39 is 49.2 Å². The molecule has 0 unspecified atom stereocenters. The number of benzene rings is 2. The molecule has 0 amide bonds. The van der Waals surface area contributed by atoms with Gasteiger partial charge in [-0.25, -0.2) is 4.68 Å². The van der Waals surface area contributed by atoms with Crippen LogP contribution in [0.25, 0.3) is 32.6 Å². The minimum atomic E-state index is -1.58. The number of esters is 2. The molecule has 0 saturated carbocycles. The molecular weight excluding hydrogens is 574 g/mol. The van der Waals surface area contributed by atoms with Gasteiger partial charge in [-0.15, -0.1) is 5.10 Å². The number of aliphatic hydroxyl groups excluding tert-OH is 4. The number of aromatic nitrogens is 5. The number of carbonyl (C=O) groups excluding carboxylic acids is 2. The Labute approximate surface area is 249 Å². The topological polar surface area (TPSA) is 202 Å². The van der Waals surface area contributed by atoms with E-state index in [1.807, 2.05) is 25.3 Å². The minimum absolute atomic E-state index is 0.207. The largest absolute Gasteiger partial charge is 0.459 e. The van der Waals surface area contributed by atoms with Crippen molar-refractivity contribution in [1.29, 1.82) is 0 Å². The second-order valence-electron chi connectivity index (χ2n) is 10.8. The molecule has 14 heteroatoms. The first-order valence-electron chi connectivity index (χ1n) is 14.0. The van der Waals surface area contributed by atoms with Crippen LogP contribution >= 0.6 is 0 Å². The van der Waals surface area contributed by atoms with Gasteiger partial charge in [0, 0.05) is 34.1 Å². The van der Waals surface area contributed by atoms with Gasteiger partial charge in [-0.2, -0.15) is 0 Å². The molecule has 5 atom stereocenters. The Hall–Kier alpha value is -4.47. The van der Waals surface area contributed by atoms with E-state index in [4.69, 9.17) is 14.2 Å². The van der Waals surface area contributed by atoms with Crippen LogP contribution in [0.3, 0.4) is 0 Å². The number of nitrogens with zero attached hydrogens (tertiary/aromatic N) is 4. The van der Waals surface area contributed by atoms with Crippen LogP contribution in [0.5, 0.6) is 5.75 Å². The summed E-state index contributed by atoms with van der Waals surface area (Å²) in [7, 11) is 0. The molecule has 1 aliphatic rings.